The number of carbonyl (C=O) groups excluding carboxylic acids is 1. The Hall–Kier alpha value is -2.27. The highest BCUT2D eigenvalue weighted by Gasteiger charge is 2.28. The van der Waals surface area contributed by atoms with Crippen molar-refractivity contribution in [2.75, 3.05) is 0 Å². The van der Waals surface area contributed by atoms with Crippen LogP contribution in [-0.4, -0.2) is 31.4 Å². The molecule has 2 heterocycles. The van der Waals surface area contributed by atoms with Crippen molar-refractivity contribution in [2.24, 2.45) is 7.05 Å². The van der Waals surface area contributed by atoms with Crippen molar-refractivity contribution in [3.05, 3.63) is 52.1 Å². The number of aryl methyl sites for hydroxylation is 1. The van der Waals surface area contributed by atoms with Gasteiger partial charge in [0.05, 0.1) is 11.0 Å². The summed E-state index contributed by atoms with van der Waals surface area (Å²) in [6, 6.07) is 8.07. The lowest BCUT2D eigenvalue weighted by Crippen LogP contribution is -2.38. The van der Waals surface area contributed by atoms with Gasteiger partial charge in [0.1, 0.15) is 0 Å². The van der Waals surface area contributed by atoms with Crippen LogP contribution < -0.4 is 0 Å². The molecule has 0 atom stereocenters. The lowest BCUT2D eigenvalue weighted by Gasteiger charge is -2.29. The summed E-state index contributed by atoms with van der Waals surface area (Å²) in [6.07, 6.45) is 4.54. The summed E-state index contributed by atoms with van der Waals surface area (Å²) in [5.74, 6) is 0.0791. The standard InChI is InChI=1S/C21H25ClN4O/c1-13-10-16(14(2)25(13)3)12-26(17-6-4-5-7-17)20(27)15-8-9-18-19(11-15)24-21(22)23-18/h8-11,17H,4-7,12H2,1-3H3,(H,23,24). The molecule has 1 aromatic carbocycles. The van der Waals surface area contributed by atoms with Gasteiger partial charge < -0.3 is 14.5 Å². The molecule has 6 heteroatoms. The van der Waals surface area contributed by atoms with Crippen LogP contribution in [0.3, 0.4) is 0 Å². The molecule has 0 aliphatic heterocycles. The zero-order valence-electron chi connectivity index (χ0n) is 16.1. The third-order valence-corrected chi connectivity index (χ3v) is 6.13. The maximum absolute atomic E-state index is 13.4. The van der Waals surface area contributed by atoms with E-state index in [0.29, 0.717) is 23.4 Å². The summed E-state index contributed by atoms with van der Waals surface area (Å²) >= 11 is 5.96. The van der Waals surface area contributed by atoms with Crippen molar-refractivity contribution in [3.8, 4) is 0 Å². The number of fused-ring (bicyclic) bond motifs is 1. The topological polar surface area (TPSA) is 53.9 Å². The quantitative estimate of drug-likeness (QED) is 0.705. The number of imidazole rings is 1. The van der Waals surface area contributed by atoms with E-state index in [2.05, 4.69) is 46.4 Å². The molecule has 0 saturated heterocycles. The summed E-state index contributed by atoms with van der Waals surface area (Å²) in [5.41, 5.74) is 5.91. The summed E-state index contributed by atoms with van der Waals surface area (Å²) in [5, 5.41) is 0.345. The SMILES string of the molecule is Cc1cc(CN(C(=O)c2ccc3nc(Cl)[nH]c3c2)C2CCCC2)c(C)n1C. The molecule has 0 radical (unpaired) electrons. The van der Waals surface area contributed by atoms with E-state index >= 15 is 0 Å². The van der Waals surface area contributed by atoms with Crippen LogP contribution in [0.25, 0.3) is 11.0 Å². The minimum atomic E-state index is 0.0791. The number of nitrogens with zero attached hydrogens (tertiary/aromatic N) is 3. The number of hydrogen-bond acceptors (Lipinski definition) is 2. The Kier molecular flexibility index (Phi) is 4.72. The number of rotatable bonds is 4. The first-order chi connectivity index (χ1) is 12.9. The van der Waals surface area contributed by atoms with E-state index in [1.54, 1.807) is 0 Å². The Morgan fingerprint density at radius 1 is 1.30 bits per heavy atom. The lowest BCUT2D eigenvalue weighted by atomic mass is 10.1. The molecule has 0 bridgehead atoms. The predicted molar refractivity (Wildman–Crippen MR) is 108 cm³/mol. The minimum absolute atomic E-state index is 0.0791. The molecule has 142 valence electrons. The first-order valence-electron chi connectivity index (χ1n) is 9.52. The van der Waals surface area contributed by atoms with Crippen LogP contribution in [0.2, 0.25) is 5.28 Å². The third-order valence-electron chi connectivity index (χ3n) is 5.95. The van der Waals surface area contributed by atoms with Crippen LogP contribution in [0, 0.1) is 13.8 Å². The van der Waals surface area contributed by atoms with E-state index in [-0.39, 0.29) is 5.91 Å². The van der Waals surface area contributed by atoms with Crippen molar-refractivity contribution < 1.29 is 4.79 Å². The van der Waals surface area contributed by atoms with Gasteiger partial charge in [-0.1, -0.05) is 12.8 Å². The number of aromatic nitrogens is 3. The first kappa shape index (κ1) is 18.1. The number of amides is 1. The van der Waals surface area contributed by atoms with Gasteiger partial charge in [-0.3, -0.25) is 4.79 Å². The van der Waals surface area contributed by atoms with E-state index in [1.165, 1.54) is 29.8 Å². The first-order valence-corrected chi connectivity index (χ1v) is 9.90. The molecular weight excluding hydrogens is 360 g/mol. The fourth-order valence-corrected chi connectivity index (χ4v) is 4.33. The number of nitrogens with one attached hydrogen (secondary N) is 1. The number of aromatic amines is 1. The van der Waals surface area contributed by atoms with Crippen LogP contribution in [0.4, 0.5) is 0 Å². The number of carbonyl (C=O) groups is 1. The lowest BCUT2D eigenvalue weighted by molar-refractivity contribution is 0.0664. The van der Waals surface area contributed by atoms with Crippen molar-refractivity contribution in [1.82, 2.24) is 19.4 Å². The van der Waals surface area contributed by atoms with E-state index in [9.17, 15) is 4.79 Å². The molecule has 1 saturated carbocycles. The van der Waals surface area contributed by atoms with Crippen molar-refractivity contribution in [2.45, 2.75) is 52.1 Å². The molecule has 1 N–H and O–H groups in total. The second-order valence-corrected chi connectivity index (χ2v) is 7.94. The molecule has 1 fully saturated rings. The molecule has 1 amide bonds. The Balaban J connectivity index is 1.68. The van der Waals surface area contributed by atoms with Gasteiger partial charge in [0.25, 0.3) is 5.91 Å². The van der Waals surface area contributed by atoms with E-state index < -0.39 is 0 Å². The minimum Gasteiger partial charge on any atom is -0.352 e. The zero-order valence-corrected chi connectivity index (χ0v) is 16.8. The van der Waals surface area contributed by atoms with Gasteiger partial charge in [0.2, 0.25) is 5.28 Å². The maximum Gasteiger partial charge on any atom is 0.254 e. The predicted octanol–water partition coefficient (Wildman–Crippen LogP) is 4.76. The van der Waals surface area contributed by atoms with Gasteiger partial charge in [-0.15, -0.1) is 0 Å². The van der Waals surface area contributed by atoms with E-state index in [1.807, 2.05) is 18.2 Å². The Morgan fingerprint density at radius 3 is 2.70 bits per heavy atom. The average Bonchev–Trinajstić information content (AvgIpc) is 3.35. The van der Waals surface area contributed by atoms with Crippen molar-refractivity contribution >= 4 is 28.5 Å². The molecule has 1 aliphatic rings. The van der Waals surface area contributed by atoms with Gasteiger partial charge in [-0.25, -0.2) is 4.98 Å². The van der Waals surface area contributed by atoms with Gasteiger partial charge in [-0.2, -0.15) is 0 Å². The molecule has 0 spiro atoms. The van der Waals surface area contributed by atoms with Gasteiger partial charge >= 0.3 is 0 Å². The molecule has 1 aliphatic carbocycles. The second-order valence-electron chi connectivity index (χ2n) is 7.59. The maximum atomic E-state index is 13.4. The molecule has 27 heavy (non-hydrogen) atoms. The fraction of sp³-hybridized carbons (Fsp3) is 0.429. The Morgan fingerprint density at radius 2 is 2.04 bits per heavy atom. The highest BCUT2D eigenvalue weighted by molar-refractivity contribution is 6.29. The highest BCUT2D eigenvalue weighted by atomic mass is 35.5. The smallest absolute Gasteiger partial charge is 0.254 e. The number of H-pyrrole nitrogens is 1. The van der Waals surface area contributed by atoms with Gasteiger partial charge in [0, 0.05) is 36.6 Å². The van der Waals surface area contributed by atoms with Crippen LogP contribution in [0.5, 0.6) is 0 Å². The molecule has 0 unspecified atom stereocenters. The monoisotopic (exact) mass is 384 g/mol. The summed E-state index contributed by atoms with van der Waals surface area (Å²) in [7, 11) is 2.08. The van der Waals surface area contributed by atoms with Crippen molar-refractivity contribution in [3.63, 3.8) is 0 Å². The van der Waals surface area contributed by atoms with E-state index in [4.69, 9.17) is 11.6 Å². The summed E-state index contributed by atoms with van der Waals surface area (Å²) in [4.78, 5) is 22.7. The number of halogens is 1. The molecular formula is C21H25ClN4O. The van der Waals surface area contributed by atoms with Crippen LogP contribution >= 0.6 is 11.6 Å². The number of hydrogen-bond donors (Lipinski definition) is 1. The number of benzene rings is 1. The molecule has 3 aromatic rings. The van der Waals surface area contributed by atoms with Crippen molar-refractivity contribution in [1.29, 1.82) is 0 Å². The molecule has 4 rings (SSSR count). The highest BCUT2D eigenvalue weighted by Crippen LogP contribution is 2.28. The van der Waals surface area contributed by atoms with E-state index in [0.717, 1.165) is 23.9 Å². The molecule has 5 nitrogen and oxygen atoms in total. The van der Waals surface area contributed by atoms with Crippen LogP contribution in [0.1, 0.15) is 53.0 Å². The Labute approximate surface area is 164 Å². The van der Waals surface area contributed by atoms with Crippen LogP contribution in [0.15, 0.2) is 24.3 Å². The summed E-state index contributed by atoms with van der Waals surface area (Å²) < 4.78 is 2.19. The summed E-state index contributed by atoms with van der Waals surface area (Å²) in [6.45, 7) is 4.88. The average molecular weight is 385 g/mol. The zero-order chi connectivity index (χ0) is 19.1. The van der Waals surface area contributed by atoms with Gasteiger partial charge in [0.15, 0.2) is 0 Å². The fourth-order valence-electron chi connectivity index (χ4n) is 4.14. The Bertz CT molecular complexity index is 997. The third kappa shape index (κ3) is 3.36. The normalized spacial score (nSPS) is 15.0. The largest absolute Gasteiger partial charge is 0.352 e. The second kappa shape index (κ2) is 7.04. The molecule has 2 aromatic heterocycles. The van der Waals surface area contributed by atoms with Crippen LogP contribution in [-0.2, 0) is 13.6 Å². The van der Waals surface area contributed by atoms with Gasteiger partial charge in [-0.05, 0) is 68.1 Å².